The molecule has 3 aromatic heterocycles. The van der Waals surface area contributed by atoms with E-state index in [1.165, 1.54) is 59.6 Å². The van der Waals surface area contributed by atoms with Crippen molar-refractivity contribution in [2.75, 3.05) is 0 Å². The van der Waals surface area contributed by atoms with Gasteiger partial charge < -0.3 is 4.57 Å². The predicted octanol–water partition coefficient (Wildman–Crippen LogP) is 12.0. The number of benzene rings is 8. The van der Waals surface area contributed by atoms with Gasteiger partial charge in [0.15, 0.2) is 0 Å². The van der Waals surface area contributed by atoms with Crippen LogP contribution in [0.1, 0.15) is 0 Å². The smallest absolute Gasteiger partial charge is 0.235 e. The van der Waals surface area contributed by atoms with Gasteiger partial charge in [-0.1, -0.05) is 147 Å². The molecular formula is C52H36N4Si. The Bertz CT molecular complexity index is 3430. The molecule has 0 fully saturated rings. The highest BCUT2D eigenvalue weighted by Crippen LogP contribution is 2.40. The molecule has 0 spiro atoms. The molecule has 12 rings (SSSR count). The highest BCUT2D eigenvalue weighted by molar-refractivity contribution is 7.05. The van der Waals surface area contributed by atoms with E-state index in [9.17, 15) is 0 Å². The molecule has 0 bridgehead atoms. The van der Waals surface area contributed by atoms with E-state index in [2.05, 4.69) is 204 Å². The Hall–Kier alpha value is -7.08. The number of fused-ring (bicyclic) bond motifs is 11. The fraction of sp³-hybridized carbons (Fsp3) is 0.0385. The summed E-state index contributed by atoms with van der Waals surface area (Å²) >= 11 is 0. The quantitative estimate of drug-likeness (QED) is 0.168. The zero-order valence-electron chi connectivity index (χ0n) is 31.6. The summed E-state index contributed by atoms with van der Waals surface area (Å²) in [6.07, 6.45) is 0. The summed E-state index contributed by atoms with van der Waals surface area (Å²) in [5, 5.41) is 8.81. The molecule has 0 aliphatic carbocycles. The van der Waals surface area contributed by atoms with Crippen LogP contribution in [0, 0.1) is 0 Å². The van der Waals surface area contributed by atoms with Crippen molar-refractivity contribution in [1.82, 2.24) is 19.1 Å². The summed E-state index contributed by atoms with van der Waals surface area (Å²) < 4.78 is 4.67. The second kappa shape index (κ2) is 12.0. The SMILES string of the molecule is C[Si]1(C)c2ccccc2-c2ccc3c(-c4ccccc4)nc(-n4c5ccccc5c5ccc(-c6ccc7c(c6)c6ccccc6n7-c6ccccc6)cc54)nc3c21. The van der Waals surface area contributed by atoms with Crippen LogP contribution in [-0.4, -0.2) is 27.2 Å². The lowest BCUT2D eigenvalue weighted by Crippen LogP contribution is -2.49. The Labute approximate surface area is 331 Å². The minimum Gasteiger partial charge on any atom is -0.309 e. The van der Waals surface area contributed by atoms with E-state index in [0.29, 0.717) is 5.95 Å². The molecule has 0 unspecified atom stereocenters. The zero-order chi connectivity index (χ0) is 37.8. The maximum atomic E-state index is 5.65. The van der Waals surface area contributed by atoms with Crippen molar-refractivity contribution in [3.05, 3.63) is 182 Å². The lowest BCUT2D eigenvalue weighted by molar-refractivity contribution is 1.01. The second-order valence-electron chi connectivity index (χ2n) is 15.8. The molecule has 0 amide bonds. The van der Waals surface area contributed by atoms with Gasteiger partial charge in [-0.05, 0) is 81.2 Å². The average molecular weight is 745 g/mol. The molecule has 5 heteroatoms. The predicted molar refractivity (Wildman–Crippen MR) is 241 cm³/mol. The molecule has 11 aromatic rings. The third-order valence-electron chi connectivity index (χ3n) is 12.3. The molecular weight excluding hydrogens is 709 g/mol. The summed E-state index contributed by atoms with van der Waals surface area (Å²) in [5.74, 6) is 0.695. The normalized spacial score (nSPS) is 13.2. The van der Waals surface area contributed by atoms with E-state index in [1.807, 2.05) is 0 Å². The van der Waals surface area contributed by atoms with Crippen LogP contribution < -0.4 is 10.4 Å². The topological polar surface area (TPSA) is 35.6 Å². The van der Waals surface area contributed by atoms with Gasteiger partial charge in [0.25, 0.3) is 0 Å². The first-order valence-corrected chi connectivity index (χ1v) is 22.7. The first kappa shape index (κ1) is 32.2. The van der Waals surface area contributed by atoms with E-state index in [1.54, 1.807) is 0 Å². The molecule has 268 valence electrons. The lowest BCUT2D eigenvalue weighted by atomic mass is 10.0. The average Bonchev–Trinajstić information content (AvgIpc) is 3.86. The van der Waals surface area contributed by atoms with Crippen molar-refractivity contribution in [3.63, 3.8) is 0 Å². The maximum Gasteiger partial charge on any atom is 0.235 e. The monoisotopic (exact) mass is 744 g/mol. The third kappa shape index (κ3) is 4.60. The van der Waals surface area contributed by atoms with Gasteiger partial charge in [-0.3, -0.25) is 4.57 Å². The molecule has 0 atom stereocenters. The fourth-order valence-corrected chi connectivity index (χ4v) is 13.1. The summed E-state index contributed by atoms with van der Waals surface area (Å²) in [4.78, 5) is 11.2. The van der Waals surface area contributed by atoms with E-state index in [-0.39, 0.29) is 0 Å². The highest BCUT2D eigenvalue weighted by atomic mass is 28.3. The van der Waals surface area contributed by atoms with E-state index in [0.717, 1.165) is 44.4 Å². The standard InChI is InChI=1S/C52H36N4Si/c1-57(2)48-24-14-11-21-40(48)41-28-29-42-49(33-15-5-3-6-16-33)53-52(54-50(42)51(41)57)56-45-23-13-9-19-37(45)39-27-25-35(32-47(39)56)34-26-30-46-43(31-34)38-20-10-12-22-44(38)55(46)36-17-7-4-8-18-36/h3-32H,1-2H3. The van der Waals surface area contributed by atoms with Crippen LogP contribution in [0.4, 0.5) is 0 Å². The molecule has 4 heterocycles. The number of hydrogen-bond acceptors (Lipinski definition) is 2. The number of hydrogen-bond donors (Lipinski definition) is 0. The first-order valence-electron chi connectivity index (χ1n) is 19.7. The largest absolute Gasteiger partial charge is 0.309 e. The molecule has 8 aromatic carbocycles. The third-order valence-corrected chi connectivity index (χ3v) is 15.9. The van der Waals surface area contributed by atoms with Crippen molar-refractivity contribution in [3.8, 4) is 45.1 Å². The maximum absolute atomic E-state index is 5.65. The molecule has 0 radical (unpaired) electrons. The van der Waals surface area contributed by atoms with Crippen LogP contribution in [0.3, 0.4) is 0 Å². The number of rotatable bonds is 4. The Morgan fingerprint density at radius 1 is 0.404 bits per heavy atom. The fourth-order valence-electron chi connectivity index (χ4n) is 9.73. The summed E-state index contributed by atoms with van der Waals surface area (Å²) in [6, 6.07) is 66.0. The van der Waals surface area contributed by atoms with Gasteiger partial charge in [-0.25, -0.2) is 9.97 Å². The van der Waals surface area contributed by atoms with Gasteiger partial charge >= 0.3 is 0 Å². The van der Waals surface area contributed by atoms with Crippen molar-refractivity contribution < 1.29 is 0 Å². The van der Waals surface area contributed by atoms with Crippen molar-refractivity contribution in [1.29, 1.82) is 0 Å². The number of aromatic nitrogens is 4. The van der Waals surface area contributed by atoms with Crippen LogP contribution in [0.2, 0.25) is 13.1 Å². The number of para-hydroxylation sites is 3. The van der Waals surface area contributed by atoms with Gasteiger partial charge in [0, 0.05) is 38.2 Å². The second-order valence-corrected chi connectivity index (χ2v) is 20.1. The zero-order valence-corrected chi connectivity index (χ0v) is 32.6. The minimum atomic E-state index is -2.10. The molecule has 0 saturated carbocycles. The van der Waals surface area contributed by atoms with Gasteiger partial charge in [0.2, 0.25) is 5.95 Å². The Kier molecular flexibility index (Phi) is 6.75. The number of nitrogens with zero attached hydrogens (tertiary/aromatic N) is 4. The van der Waals surface area contributed by atoms with Crippen LogP contribution in [0.25, 0.3) is 99.7 Å². The van der Waals surface area contributed by atoms with E-state index >= 15 is 0 Å². The Balaban J connectivity index is 1.12. The Morgan fingerprint density at radius 2 is 1.00 bits per heavy atom. The van der Waals surface area contributed by atoms with Crippen LogP contribution >= 0.6 is 0 Å². The Morgan fingerprint density at radius 3 is 1.81 bits per heavy atom. The van der Waals surface area contributed by atoms with Crippen LogP contribution in [0.15, 0.2) is 182 Å². The molecule has 57 heavy (non-hydrogen) atoms. The first-order chi connectivity index (χ1) is 28.0. The van der Waals surface area contributed by atoms with Gasteiger partial charge in [-0.15, -0.1) is 0 Å². The van der Waals surface area contributed by atoms with Gasteiger partial charge in [-0.2, -0.15) is 0 Å². The van der Waals surface area contributed by atoms with Crippen molar-refractivity contribution in [2.24, 2.45) is 0 Å². The molecule has 0 saturated heterocycles. The molecule has 1 aliphatic rings. The van der Waals surface area contributed by atoms with Crippen molar-refractivity contribution >= 4 is 73.0 Å². The lowest BCUT2D eigenvalue weighted by Gasteiger charge is -2.21. The minimum absolute atomic E-state index is 0.695. The summed E-state index contributed by atoms with van der Waals surface area (Å²) in [6.45, 7) is 4.95. The summed E-state index contributed by atoms with van der Waals surface area (Å²) in [5.41, 5.74) is 13.8. The molecule has 0 N–H and O–H groups in total. The van der Waals surface area contributed by atoms with E-state index in [4.69, 9.17) is 9.97 Å². The van der Waals surface area contributed by atoms with Crippen LogP contribution in [0.5, 0.6) is 0 Å². The van der Waals surface area contributed by atoms with Gasteiger partial charge in [0.05, 0.1) is 33.3 Å². The molecule has 4 nitrogen and oxygen atoms in total. The highest BCUT2D eigenvalue weighted by Gasteiger charge is 2.39. The summed E-state index contributed by atoms with van der Waals surface area (Å²) in [7, 11) is -2.10. The van der Waals surface area contributed by atoms with Gasteiger partial charge in [0.1, 0.15) is 8.07 Å². The van der Waals surface area contributed by atoms with E-state index < -0.39 is 8.07 Å². The van der Waals surface area contributed by atoms with Crippen LogP contribution in [-0.2, 0) is 0 Å². The van der Waals surface area contributed by atoms with Crippen molar-refractivity contribution in [2.45, 2.75) is 13.1 Å². The molecule has 1 aliphatic heterocycles.